The number of unbranched alkanes of at least 4 members (excludes halogenated alkanes) is 22. The second-order valence-electron chi connectivity index (χ2n) is 13.9. The first-order chi connectivity index (χ1) is 21.1. The third kappa shape index (κ3) is 25.3. The minimum Gasteiger partial charge on any atom is -0.347 e. The lowest BCUT2D eigenvalue weighted by Crippen LogP contribution is -2.33. The largest absolute Gasteiger partial charge is 0.347 e. The summed E-state index contributed by atoms with van der Waals surface area (Å²) in [5.74, 6) is -0.316. The molecule has 0 N–H and O–H groups in total. The Morgan fingerprint density at radius 1 is 0.512 bits per heavy atom. The molecule has 0 aliphatic carbocycles. The van der Waals surface area contributed by atoms with E-state index in [9.17, 15) is 0 Å². The van der Waals surface area contributed by atoms with Crippen LogP contribution in [0.2, 0.25) is 0 Å². The van der Waals surface area contributed by atoms with Gasteiger partial charge in [-0.15, -0.1) is 0 Å². The summed E-state index contributed by atoms with van der Waals surface area (Å²) < 4.78 is 13.0. The zero-order valence-corrected chi connectivity index (χ0v) is 29.9. The van der Waals surface area contributed by atoms with Gasteiger partial charge in [-0.25, -0.2) is 0 Å². The van der Waals surface area contributed by atoms with Crippen molar-refractivity contribution in [3.05, 3.63) is 24.3 Å². The van der Waals surface area contributed by atoms with Gasteiger partial charge < -0.3 is 14.4 Å². The fraction of sp³-hybridized carbons (Fsp3) is 0.900. The van der Waals surface area contributed by atoms with Crippen LogP contribution in [0, 0.1) is 0 Å². The van der Waals surface area contributed by atoms with Crippen molar-refractivity contribution in [3.63, 3.8) is 0 Å². The average Bonchev–Trinajstić information content (AvgIpc) is 3.38. The van der Waals surface area contributed by atoms with Crippen LogP contribution >= 0.6 is 0 Å². The van der Waals surface area contributed by atoms with E-state index in [1.807, 2.05) is 0 Å². The van der Waals surface area contributed by atoms with Gasteiger partial charge in [0.2, 0.25) is 0 Å². The van der Waals surface area contributed by atoms with Crippen molar-refractivity contribution in [2.75, 3.05) is 27.2 Å². The number of rotatable bonds is 32. The van der Waals surface area contributed by atoms with Crippen LogP contribution in [0.5, 0.6) is 0 Å². The van der Waals surface area contributed by atoms with Gasteiger partial charge in [0, 0.05) is 19.4 Å². The Kier molecular flexibility index (Phi) is 28.2. The Hall–Kier alpha value is -0.640. The first kappa shape index (κ1) is 40.4. The summed E-state index contributed by atoms with van der Waals surface area (Å²) in [7, 11) is 4.27. The van der Waals surface area contributed by atoms with Crippen LogP contribution in [0.1, 0.15) is 194 Å². The quantitative estimate of drug-likeness (QED) is 0.0564. The molecule has 0 aromatic rings. The topological polar surface area (TPSA) is 21.7 Å². The first-order valence-corrected chi connectivity index (χ1v) is 19.4. The van der Waals surface area contributed by atoms with Crippen molar-refractivity contribution in [1.29, 1.82) is 0 Å². The van der Waals surface area contributed by atoms with Gasteiger partial charge in [0.15, 0.2) is 5.79 Å². The summed E-state index contributed by atoms with van der Waals surface area (Å²) in [6, 6.07) is 0. The highest BCUT2D eigenvalue weighted by Crippen LogP contribution is 2.35. The molecule has 0 radical (unpaired) electrons. The van der Waals surface area contributed by atoms with Crippen LogP contribution < -0.4 is 0 Å². The third-order valence-electron chi connectivity index (χ3n) is 9.12. The van der Waals surface area contributed by atoms with E-state index >= 15 is 0 Å². The minimum absolute atomic E-state index is 0.226. The molecule has 1 aliphatic heterocycles. The zero-order valence-electron chi connectivity index (χ0n) is 29.9. The van der Waals surface area contributed by atoms with Crippen molar-refractivity contribution < 1.29 is 9.47 Å². The zero-order chi connectivity index (χ0) is 31.1. The molecule has 0 aromatic heterocycles. The summed E-state index contributed by atoms with van der Waals surface area (Å²) in [4.78, 5) is 2.23. The van der Waals surface area contributed by atoms with Gasteiger partial charge >= 0.3 is 0 Å². The molecule has 0 saturated carbocycles. The number of likely N-dealkylation sites (N-methyl/N-ethyl adjacent to an activating group) is 1. The molecule has 3 nitrogen and oxygen atoms in total. The monoisotopic (exact) mass is 604 g/mol. The molecule has 1 aliphatic rings. The predicted molar refractivity (Wildman–Crippen MR) is 191 cm³/mol. The Bertz CT molecular complexity index is 588. The van der Waals surface area contributed by atoms with Crippen molar-refractivity contribution >= 4 is 0 Å². The van der Waals surface area contributed by atoms with E-state index in [1.165, 1.54) is 167 Å². The SMILES string of the molecule is CCCCCCC/C=C\CCCCCCCCC1(CCCCCCCC/C=C\CCCCCCC)OCC(CN(C)C)O1. The molecule has 1 atom stereocenters. The van der Waals surface area contributed by atoms with Crippen LogP contribution in [0.15, 0.2) is 24.3 Å². The van der Waals surface area contributed by atoms with Crippen LogP contribution in [0.4, 0.5) is 0 Å². The highest BCUT2D eigenvalue weighted by molar-refractivity contribution is 4.83. The summed E-state index contributed by atoms with van der Waals surface area (Å²) in [6.45, 7) is 6.30. The predicted octanol–water partition coefficient (Wildman–Crippen LogP) is 12.7. The van der Waals surface area contributed by atoms with Gasteiger partial charge in [-0.2, -0.15) is 0 Å². The smallest absolute Gasteiger partial charge is 0.168 e. The molecule has 43 heavy (non-hydrogen) atoms. The highest BCUT2D eigenvalue weighted by Gasteiger charge is 2.40. The van der Waals surface area contributed by atoms with E-state index in [-0.39, 0.29) is 11.9 Å². The second-order valence-corrected chi connectivity index (χ2v) is 13.9. The molecular weight excluding hydrogens is 526 g/mol. The molecule has 1 unspecified atom stereocenters. The number of hydrogen-bond donors (Lipinski definition) is 0. The van der Waals surface area contributed by atoms with Crippen molar-refractivity contribution in [2.24, 2.45) is 0 Å². The lowest BCUT2D eigenvalue weighted by atomic mass is 9.98. The molecule has 0 bridgehead atoms. The molecule has 1 heterocycles. The van der Waals surface area contributed by atoms with Crippen molar-refractivity contribution in [2.45, 2.75) is 206 Å². The number of hydrogen-bond acceptors (Lipinski definition) is 3. The maximum atomic E-state index is 6.62. The van der Waals surface area contributed by atoms with Gasteiger partial charge in [-0.05, 0) is 78.3 Å². The Morgan fingerprint density at radius 2 is 0.860 bits per heavy atom. The molecule has 254 valence electrons. The molecule has 1 saturated heterocycles. The molecule has 0 amide bonds. The molecule has 0 aromatic carbocycles. The lowest BCUT2D eigenvalue weighted by Gasteiger charge is -2.29. The highest BCUT2D eigenvalue weighted by atomic mass is 16.7. The standard InChI is InChI=1S/C40H77NO2/c1-5-7-9-11-13-15-17-19-21-23-25-27-29-31-33-35-40(42-38-39(43-40)37-41(3)4)36-34-32-30-28-26-24-22-20-18-16-14-12-10-8-6-2/h17-20,39H,5-16,21-38H2,1-4H3/b19-17-,20-18-. The Balaban J connectivity index is 2.11. The first-order valence-electron chi connectivity index (χ1n) is 19.4. The van der Waals surface area contributed by atoms with Gasteiger partial charge in [-0.1, -0.05) is 141 Å². The van der Waals surface area contributed by atoms with Crippen molar-refractivity contribution in [3.8, 4) is 0 Å². The summed E-state index contributed by atoms with van der Waals surface area (Å²) in [5, 5.41) is 0. The van der Waals surface area contributed by atoms with E-state index in [0.717, 1.165) is 26.0 Å². The lowest BCUT2D eigenvalue weighted by molar-refractivity contribution is -0.180. The summed E-state index contributed by atoms with van der Waals surface area (Å²) >= 11 is 0. The van der Waals surface area contributed by atoms with E-state index in [1.54, 1.807) is 0 Å². The fourth-order valence-corrected chi connectivity index (χ4v) is 6.43. The van der Waals surface area contributed by atoms with Crippen LogP contribution in [0.3, 0.4) is 0 Å². The number of ether oxygens (including phenoxy) is 2. The van der Waals surface area contributed by atoms with Crippen LogP contribution in [-0.4, -0.2) is 44.0 Å². The van der Waals surface area contributed by atoms with E-state index in [4.69, 9.17) is 9.47 Å². The molecule has 1 rings (SSSR count). The van der Waals surface area contributed by atoms with E-state index < -0.39 is 0 Å². The summed E-state index contributed by atoms with van der Waals surface area (Å²) in [6.07, 6.45) is 47.0. The third-order valence-corrected chi connectivity index (χ3v) is 9.12. The van der Waals surface area contributed by atoms with Gasteiger partial charge in [-0.3, -0.25) is 0 Å². The van der Waals surface area contributed by atoms with Gasteiger partial charge in [0.25, 0.3) is 0 Å². The Labute approximate surface area is 271 Å². The number of allylic oxidation sites excluding steroid dienone is 4. The molecular formula is C40H77NO2. The minimum atomic E-state index is -0.316. The Morgan fingerprint density at radius 3 is 1.23 bits per heavy atom. The van der Waals surface area contributed by atoms with Gasteiger partial charge in [0.1, 0.15) is 0 Å². The second kappa shape index (κ2) is 30.0. The molecule has 3 heteroatoms. The summed E-state index contributed by atoms with van der Waals surface area (Å²) in [5.41, 5.74) is 0. The van der Waals surface area contributed by atoms with Crippen LogP contribution in [-0.2, 0) is 9.47 Å². The van der Waals surface area contributed by atoms with Crippen LogP contribution in [0.25, 0.3) is 0 Å². The maximum absolute atomic E-state index is 6.62. The van der Waals surface area contributed by atoms with Gasteiger partial charge in [0.05, 0.1) is 12.7 Å². The van der Waals surface area contributed by atoms with Crippen molar-refractivity contribution in [1.82, 2.24) is 4.90 Å². The normalized spacial score (nSPS) is 16.9. The fourth-order valence-electron chi connectivity index (χ4n) is 6.43. The van der Waals surface area contributed by atoms with E-state index in [0.29, 0.717) is 0 Å². The average molecular weight is 604 g/mol. The maximum Gasteiger partial charge on any atom is 0.168 e. The molecule has 0 spiro atoms. The molecule has 1 fully saturated rings. The number of nitrogens with zero attached hydrogens (tertiary/aromatic N) is 1. The van der Waals surface area contributed by atoms with E-state index in [2.05, 4.69) is 57.1 Å².